The number of nitrogens with one attached hydrogen (secondary N) is 5. The fourth-order valence-corrected chi connectivity index (χ4v) is 4.93. The van der Waals surface area contributed by atoms with Crippen molar-refractivity contribution < 1.29 is 19.5 Å². The highest BCUT2D eigenvalue weighted by Crippen LogP contribution is 2.28. The number of fused-ring (bicyclic) bond motifs is 2. The number of nitrogens with two attached hydrogens (primary N) is 1. The Labute approximate surface area is 288 Å². The number of amides is 2. The topological polar surface area (TPSA) is 209 Å². The van der Waals surface area contributed by atoms with Gasteiger partial charge in [0.05, 0.1) is 0 Å². The normalized spacial score (nSPS) is 15.4. The van der Waals surface area contributed by atoms with Gasteiger partial charge in [-0.1, -0.05) is 0 Å². The van der Waals surface area contributed by atoms with E-state index < -0.39 is 5.97 Å². The number of carboxylic acids is 1. The molecule has 15 heteroatoms. The zero-order valence-electron chi connectivity index (χ0n) is 27.0. The van der Waals surface area contributed by atoms with Gasteiger partial charge < -0.3 is 37.4 Å². The standard InChI is InChI=1S/C16H17N5O.C9H10N2O.C7H8ClN3.C2H4O2/c22-15-6-1-10-9-12(4-5-13(10)20-15)19-16-17-8-7-14(21-16)18-11-2-3-11;10-7-2-3-8-6(5-7)1-4-9(12)11-8;8-7-9-4-3-6(11-7)10-5-1-2-5;1-2(3)4/h4-5,7-9,11H,1-3,6H2,(H,20,22)(H2,17,18,19,21);2-3,5H,1,4,10H2,(H,11,12);3-5H,1-2H2,(H,9,10,11);1H3,(H,3,4). The molecule has 4 heterocycles. The van der Waals surface area contributed by atoms with Gasteiger partial charge in [0.2, 0.25) is 23.0 Å². The molecule has 2 aliphatic carbocycles. The lowest BCUT2D eigenvalue weighted by Gasteiger charge is -2.17. The van der Waals surface area contributed by atoms with Crippen molar-refractivity contribution in [1.29, 1.82) is 0 Å². The van der Waals surface area contributed by atoms with Crippen LogP contribution in [-0.4, -0.2) is 54.9 Å². The Bertz CT molecular complexity index is 1790. The summed E-state index contributed by atoms with van der Waals surface area (Å²) in [5, 5.41) is 23.2. The molecule has 2 aromatic carbocycles. The molecule has 0 radical (unpaired) electrons. The first-order chi connectivity index (χ1) is 23.6. The first kappa shape index (κ1) is 34.8. The highest BCUT2D eigenvalue weighted by Gasteiger charge is 2.22. The van der Waals surface area contributed by atoms with Gasteiger partial charge in [-0.15, -0.1) is 0 Å². The minimum atomic E-state index is -0.833. The van der Waals surface area contributed by atoms with E-state index in [1.165, 1.54) is 25.7 Å². The van der Waals surface area contributed by atoms with Crippen LogP contribution in [0.25, 0.3) is 0 Å². The summed E-state index contributed by atoms with van der Waals surface area (Å²) in [7, 11) is 0. The molecule has 0 unspecified atom stereocenters. The van der Waals surface area contributed by atoms with E-state index in [0.29, 0.717) is 36.2 Å². The van der Waals surface area contributed by atoms with E-state index >= 15 is 0 Å². The predicted octanol–water partition coefficient (Wildman–Crippen LogP) is 5.63. The lowest BCUT2D eigenvalue weighted by atomic mass is 10.0. The van der Waals surface area contributed by atoms with Crippen molar-refractivity contribution in [1.82, 2.24) is 19.9 Å². The molecule has 14 nitrogen and oxygen atoms in total. The average molecular weight is 687 g/mol. The molecule has 4 aliphatic rings. The van der Waals surface area contributed by atoms with E-state index in [2.05, 4.69) is 46.5 Å². The van der Waals surface area contributed by atoms with Crippen LogP contribution in [0, 0.1) is 0 Å². The number of hydrogen-bond acceptors (Lipinski definition) is 11. The molecular formula is C34H39ClN10O4. The van der Waals surface area contributed by atoms with Crippen LogP contribution in [0.2, 0.25) is 5.28 Å². The Morgan fingerprint density at radius 2 is 1.33 bits per heavy atom. The molecule has 4 aromatic rings. The lowest BCUT2D eigenvalue weighted by Crippen LogP contribution is -2.18. The van der Waals surface area contributed by atoms with Crippen LogP contribution in [0.1, 0.15) is 56.6 Å². The minimum Gasteiger partial charge on any atom is -0.481 e. The zero-order valence-corrected chi connectivity index (χ0v) is 27.8. The van der Waals surface area contributed by atoms with Crippen molar-refractivity contribution in [3.63, 3.8) is 0 Å². The highest BCUT2D eigenvalue weighted by molar-refractivity contribution is 6.28. The number of hydrogen-bond donors (Lipinski definition) is 7. The second-order valence-corrected chi connectivity index (χ2v) is 12.2. The number of nitrogen functional groups attached to an aromatic ring is 1. The summed E-state index contributed by atoms with van der Waals surface area (Å²) in [6.45, 7) is 1.08. The number of carbonyl (C=O) groups is 3. The van der Waals surface area contributed by atoms with Crippen LogP contribution in [0.3, 0.4) is 0 Å². The molecule has 2 saturated carbocycles. The van der Waals surface area contributed by atoms with Crippen molar-refractivity contribution in [2.45, 2.75) is 70.4 Å². The summed E-state index contributed by atoms with van der Waals surface area (Å²) in [5.74, 6) is 1.59. The van der Waals surface area contributed by atoms with Gasteiger partial charge in [-0.3, -0.25) is 14.4 Å². The van der Waals surface area contributed by atoms with Crippen LogP contribution >= 0.6 is 11.6 Å². The number of carboxylic acid groups (broad SMARTS) is 1. The summed E-state index contributed by atoms with van der Waals surface area (Å²) in [5.41, 5.74) is 11.4. The number of halogens is 1. The molecule has 2 fully saturated rings. The fraction of sp³-hybridized carbons (Fsp3) is 0.324. The third kappa shape index (κ3) is 11.9. The number of nitrogens with zero attached hydrogens (tertiary/aromatic N) is 4. The van der Waals surface area contributed by atoms with Crippen molar-refractivity contribution in [2.75, 3.05) is 32.3 Å². The van der Waals surface area contributed by atoms with Crippen LogP contribution in [0.15, 0.2) is 60.9 Å². The van der Waals surface area contributed by atoms with Crippen molar-refractivity contribution >= 4 is 69.7 Å². The van der Waals surface area contributed by atoms with E-state index in [-0.39, 0.29) is 11.8 Å². The third-order valence-corrected chi connectivity index (χ3v) is 7.60. The molecule has 0 atom stereocenters. The van der Waals surface area contributed by atoms with Crippen molar-refractivity contribution in [3.05, 3.63) is 77.3 Å². The van der Waals surface area contributed by atoms with Gasteiger partial charge >= 0.3 is 0 Å². The van der Waals surface area contributed by atoms with Gasteiger partial charge in [0.1, 0.15) is 11.6 Å². The SMILES string of the molecule is CC(=O)O.Clc1nccc(NC2CC2)n1.Nc1ccc2c(c1)CCC(=O)N2.O=C1CCc2cc(Nc3nccc(NC4CC4)n3)ccc2N1. The van der Waals surface area contributed by atoms with Gasteiger partial charge in [-0.25, -0.2) is 15.0 Å². The van der Waals surface area contributed by atoms with Crippen LogP contribution < -0.4 is 32.3 Å². The first-order valence-corrected chi connectivity index (χ1v) is 16.4. The van der Waals surface area contributed by atoms with E-state index in [0.717, 1.165) is 65.3 Å². The lowest BCUT2D eigenvalue weighted by molar-refractivity contribution is -0.134. The molecule has 2 aliphatic heterocycles. The Balaban J connectivity index is 0.000000147. The number of anilines is 7. The number of aliphatic carboxylic acids is 1. The maximum Gasteiger partial charge on any atom is 0.300 e. The van der Waals surface area contributed by atoms with Crippen molar-refractivity contribution in [3.8, 4) is 0 Å². The Morgan fingerprint density at radius 3 is 1.90 bits per heavy atom. The Kier molecular flexibility index (Phi) is 11.8. The maximum absolute atomic E-state index is 11.4. The molecule has 2 aromatic heterocycles. The average Bonchev–Trinajstić information content (AvgIpc) is 4.00. The molecule has 256 valence electrons. The van der Waals surface area contributed by atoms with Gasteiger partial charge in [0, 0.05) is 67.0 Å². The predicted molar refractivity (Wildman–Crippen MR) is 190 cm³/mol. The molecule has 8 rings (SSSR count). The molecule has 0 spiro atoms. The van der Waals surface area contributed by atoms with Gasteiger partial charge in [-0.05, 0) is 110 Å². The molecule has 0 bridgehead atoms. The number of aromatic nitrogens is 4. The van der Waals surface area contributed by atoms with E-state index in [1.807, 2.05) is 42.5 Å². The molecular weight excluding hydrogens is 648 g/mol. The Morgan fingerprint density at radius 1 is 0.796 bits per heavy atom. The summed E-state index contributed by atoms with van der Waals surface area (Å²) in [6.07, 6.45) is 11.0. The molecule has 8 N–H and O–H groups in total. The van der Waals surface area contributed by atoms with E-state index in [1.54, 1.807) is 18.5 Å². The largest absolute Gasteiger partial charge is 0.481 e. The number of rotatable bonds is 6. The Hall–Kier alpha value is -5.50. The van der Waals surface area contributed by atoms with Crippen LogP contribution in [-0.2, 0) is 27.2 Å². The van der Waals surface area contributed by atoms with E-state index in [9.17, 15) is 9.59 Å². The van der Waals surface area contributed by atoms with Gasteiger partial charge in [0.25, 0.3) is 5.97 Å². The quantitative estimate of drug-likeness (QED) is 0.0973. The summed E-state index contributed by atoms with van der Waals surface area (Å²) < 4.78 is 0. The van der Waals surface area contributed by atoms with Gasteiger partial charge in [0.15, 0.2) is 0 Å². The number of carbonyl (C=O) groups excluding carboxylic acids is 2. The summed E-state index contributed by atoms with van der Waals surface area (Å²) >= 11 is 5.59. The zero-order chi connectivity index (χ0) is 34.8. The molecule has 49 heavy (non-hydrogen) atoms. The highest BCUT2D eigenvalue weighted by atomic mass is 35.5. The smallest absolute Gasteiger partial charge is 0.300 e. The second kappa shape index (κ2) is 16.6. The molecule has 2 amide bonds. The van der Waals surface area contributed by atoms with Gasteiger partial charge in [-0.2, -0.15) is 4.98 Å². The number of benzene rings is 2. The van der Waals surface area contributed by atoms with Crippen LogP contribution in [0.4, 0.5) is 40.3 Å². The fourth-order valence-electron chi connectivity index (χ4n) is 4.78. The number of aryl methyl sites for hydroxylation is 2. The van der Waals surface area contributed by atoms with Crippen molar-refractivity contribution in [2.24, 2.45) is 0 Å². The second-order valence-electron chi connectivity index (χ2n) is 11.8. The van der Waals surface area contributed by atoms with Crippen LogP contribution in [0.5, 0.6) is 0 Å². The van der Waals surface area contributed by atoms with E-state index in [4.69, 9.17) is 27.2 Å². The first-order valence-electron chi connectivity index (χ1n) is 16.0. The maximum atomic E-state index is 11.4. The molecule has 0 saturated heterocycles. The minimum absolute atomic E-state index is 0.0791. The third-order valence-electron chi connectivity index (χ3n) is 7.42. The summed E-state index contributed by atoms with van der Waals surface area (Å²) in [4.78, 5) is 47.8. The monoisotopic (exact) mass is 686 g/mol. The summed E-state index contributed by atoms with van der Waals surface area (Å²) in [6, 6.07) is 16.3.